The smallest absolute Gasteiger partial charge is 0.269 e. The first-order valence-electron chi connectivity index (χ1n) is 24.8. The van der Waals surface area contributed by atoms with Gasteiger partial charge in [-0.2, -0.15) is 0 Å². The molecular weight excluding hydrogens is 769 g/mol. The van der Waals surface area contributed by atoms with Crippen LogP contribution in [0.4, 0.5) is 0 Å². The molecule has 10 rings (SSSR count). The Labute approximate surface area is 380 Å². The van der Waals surface area contributed by atoms with Crippen LogP contribution in [0.15, 0.2) is 176 Å². The summed E-state index contributed by atoms with van der Waals surface area (Å²) in [7, 11) is 0. The highest BCUT2D eigenvalue weighted by Gasteiger charge is 2.25. The minimum absolute atomic E-state index is 0.102. The zero-order valence-corrected chi connectivity index (χ0v) is 36.6. The Bertz CT molecular complexity index is 3660. The summed E-state index contributed by atoms with van der Waals surface area (Å²) in [6, 6.07) is 43.9. The second-order valence-corrected chi connectivity index (χ2v) is 18.0. The predicted molar refractivity (Wildman–Crippen MR) is 260 cm³/mol. The average molecular weight is 828 g/mol. The van der Waals surface area contributed by atoms with Gasteiger partial charge in [-0.1, -0.05) is 164 Å². The van der Waals surface area contributed by atoms with E-state index in [1.54, 1.807) is 25.3 Å². The van der Waals surface area contributed by atoms with E-state index in [2.05, 4.69) is 72.1 Å². The van der Waals surface area contributed by atoms with Crippen LogP contribution in [0.5, 0.6) is 11.5 Å². The van der Waals surface area contributed by atoms with Gasteiger partial charge in [0.25, 0.3) is 6.33 Å². The van der Waals surface area contributed by atoms with Crippen molar-refractivity contribution in [3.63, 3.8) is 0 Å². The second kappa shape index (κ2) is 15.6. The Morgan fingerprint density at radius 3 is 2.05 bits per heavy atom. The van der Waals surface area contributed by atoms with Gasteiger partial charge in [-0.05, 0) is 105 Å². The predicted octanol–water partition coefficient (Wildman–Crippen LogP) is 14.5. The molecular formula is C58H52N4O. The highest BCUT2D eigenvalue weighted by molar-refractivity contribution is 6.09. The van der Waals surface area contributed by atoms with Crippen LogP contribution < -0.4 is 9.30 Å². The first-order chi connectivity index (χ1) is 33.2. The van der Waals surface area contributed by atoms with E-state index in [-0.39, 0.29) is 28.5 Å². The lowest BCUT2D eigenvalue weighted by Gasteiger charge is -2.27. The highest BCUT2D eigenvalue weighted by atomic mass is 16.5. The summed E-state index contributed by atoms with van der Waals surface area (Å²) in [6.45, 7) is 14.7. The fourth-order valence-electron chi connectivity index (χ4n) is 8.45. The number of hydrogen-bond acceptors (Lipinski definition) is 2. The number of imidazole rings is 1. The Balaban J connectivity index is 1.15. The molecule has 0 aliphatic carbocycles. The summed E-state index contributed by atoms with van der Waals surface area (Å²) < 4.78 is 73.7. The van der Waals surface area contributed by atoms with E-state index < -0.39 is 24.5 Å². The SMILES string of the molecule is [2H]c1c([2H])c([2H])c(-c2cccc(-c3cc(C(C)(C)C)cc(C(C)(C)C)c3)c2-[n+]2[c-]n(-c3cccc(Oc4ccc5c6ccccc6n(-c6cc(C([2H])([2H])C)ccn6)c5c4)c3)c3ccccc32)c([2H])c1[2H]. The van der Waals surface area contributed by atoms with E-state index in [0.29, 0.717) is 34.1 Å². The van der Waals surface area contributed by atoms with Gasteiger partial charge in [0.2, 0.25) is 0 Å². The molecule has 0 atom stereocenters. The molecule has 0 aliphatic rings. The van der Waals surface area contributed by atoms with Crippen molar-refractivity contribution in [2.75, 3.05) is 0 Å². The Morgan fingerprint density at radius 1 is 0.635 bits per heavy atom. The van der Waals surface area contributed by atoms with Crippen molar-refractivity contribution in [2.45, 2.75) is 65.7 Å². The van der Waals surface area contributed by atoms with Gasteiger partial charge in [-0.15, -0.1) is 0 Å². The maximum atomic E-state index is 9.19. The lowest BCUT2D eigenvalue weighted by atomic mass is 9.78. The van der Waals surface area contributed by atoms with Gasteiger partial charge in [0.05, 0.1) is 40.3 Å². The van der Waals surface area contributed by atoms with Gasteiger partial charge in [-0.25, -0.2) is 4.98 Å². The number of para-hydroxylation sites is 4. The van der Waals surface area contributed by atoms with E-state index >= 15 is 0 Å². The molecule has 63 heavy (non-hydrogen) atoms. The van der Waals surface area contributed by atoms with Gasteiger partial charge in [0.15, 0.2) is 0 Å². The first-order valence-corrected chi connectivity index (χ1v) is 21.3. The minimum Gasteiger partial charge on any atom is -0.458 e. The molecule has 10 aromatic rings. The van der Waals surface area contributed by atoms with Crippen LogP contribution in [-0.2, 0) is 17.2 Å². The third-order valence-electron chi connectivity index (χ3n) is 11.8. The summed E-state index contributed by atoms with van der Waals surface area (Å²) in [4.78, 5) is 4.70. The molecule has 0 saturated carbocycles. The van der Waals surface area contributed by atoms with Crippen LogP contribution >= 0.6 is 0 Å². The fourth-order valence-corrected chi connectivity index (χ4v) is 8.45. The van der Waals surface area contributed by atoms with Crippen LogP contribution in [0, 0.1) is 6.33 Å². The van der Waals surface area contributed by atoms with Crippen molar-refractivity contribution in [1.82, 2.24) is 14.1 Å². The molecule has 3 heterocycles. The van der Waals surface area contributed by atoms with Crippen LogP contribution in [0.25, 0.3) is 72.3 Å². The van der Waals surface area contributed by atoms with Crippen molar-refractivity contribution in [1.29, 1.82) is 0 Å². The third-order valence-corrected chi connectivity index (χ3v) is 11.8. The van der Waals surface area contributed by atoms with Gasteiger partial charge < -0.3 is 4.74 Å². The largest absolute Gasteiger partial charge is 0.458 e. The number of ether oxygens (including phenoxy) is 1. The van der Waals surface area contributed by atoms with Crippen molar-refractivity contribution >= 4 is 32.8 Å². The van der Waals surface area contributed by atoms with Gasteiger partial charge in [0, 0.05) is 25.8 Å². The maximum absolute atomic E-state index is 9.19. The minimum atomic E-state index is -1.55. The zero-order valence-electron chi connectivity index (χ0n) is 43.6. The number of fused-ring (bicyclic) bond motifs is 4. The molecule has 3 aromatic heterocycles. The summed E-state index contributed by atoms with van der Waals surface area (Å²) >= 11 is 0. The Kier molecular flexibility index (Phi) is 8.03. The highest BCUT2D eigenvalue weighted by Crippen LogP contribution is 2.40. The number of aromatic nitrogens is 4. The molecule has 5 heteroatoms. The van der Waals surface area contributed by atoms with E-state index in [1.165, 1.54) is 0 Å². The molecule has 0 N–H and O–H groups in total. The van der Waals surface area contributed by atoms with Crippen molar-refractivity contribution in [3.05, 3.63) is 199 Å². The summed E-state index contributed by atoms with van der Waals surface area (Å²) in [6.07, 6.45) is 3.76. The third kappa shape index (κ3) is 7.38. The molecule has 0 aliphatic heterocycles. The summed E-state index contributed by atoms with van der Waals surface area (Å²) in [5.41, 5.74) is 9.53. The van der Waals surface area contributed by atoms with Gasteiger partial charge in [0.1, 0.15) is 17.3 Å². The molecule has 0 radical (unpaired) electrons. The topological polar surface area (TPSA) is 35.9 Å². The quantitative estimate of drug-likeness (QED) is 0.113. The monoisotopic (exact) mass is 827 g/mol. The van der Waals surface area contributed by atoms with E-state index in [0.717, 1.165) is 60.8 Å². The number of nitrogens with zero attached hydrogens (tertiary/aromatic N) is 4. The lowest BCUT2D eigenvalue weighted by Crippen LogP contribution is -2.31. The number of rotatable bonds is 8. The zero-order chi connectivity index (χ0) is 49.6. The van der Waals surface area contributed by atoms with Crippen LogP contribution in [0.3, 0.4) is 0 Å². The molecule has 7 aromatic carbocycles. The van der Waals surface area contributed by atoms with E-state index in [1.807, 2.05) is 117 Å². The van der Waals surface area contributed by atoms with Crippen molar-refractivity contribution in [3.8, 4) is 50.9 Å². The van der Waals surface area contributed by atoms with Crippen LogP contribution in [-0.4, -0.2) is 14.1 Å². The summed E-state index contributed by atoms with van der Waals surface area (Å²) in [5.74, 6) is 1.77. The Morgan fingerprint density at radius 2 is 1.30 bits per heavy atom. The average Bonchev–Trinajstić information content (AvgIpc) is 3.88. The Hall–Kier alpha value is -7.24. The molecule has 5 nitrogen and oxygen atoms in total. The van der Waals surface area contributed by atoms with Crippen molar-refractivity contribution in [2.24, 2.45) is 0 Å². The van der Waals surface area contributed by atoms with Crippen LogP contribution in [0.2, 0.25) is 0 Å². The fraction of sp³-hybridized carbons (Fsp3) is 0.172. The normalized spacial score (nSPS) is 13.9. The molecule has 0 amide bonds. The number of pyridine rings is 1. The number of benzene rings is 7. The second-order valence-electron chi connectivity index (χ2n) is 18.0. The first kappa shape index (κ1) is 32.5. The maximum Gasteiger partial charge on any atom is 0.269 e. The standard InChI is InChI=1S/C58H52N4O/c1-8-39-30-31-59-55(32-39)62-51-25-13-12-22-49(51)50-29-28-46(37-54(50)62)63-45-21-16-20-44(36-45)60-38-61(53-27-15-14-26-52(53)60)56-47(40-18-10-9-11-19-40)23-17-24-48(56)41-33-42(57(2,3)4)35-43(34-41)58(5,6)7/h9-37H,8H2,1-7H3/i8D2,9D,10D,11D,18D,19D. The molecule has 0 fully saturated rings. The molecule has 310 valence electrons. The number of aryl methyl sites for hydroxylation is 1. The molecule has 0 spiro atoms. The molecule has 0 bridgehead atoms. The lowest BCUT2D eigenvalue weighted by molar-refractivity contribution is -0.571. The number of hydrogen-bond donors (Lipinski definition) is 0. The van der Waals surface area contributed by atoms with Gasteiger partial charge in [-0.3, -0.25) is 13.7 Å². The summed E-state index contributed by atoms with van der Waals surface area (Å²) in [5, 5.41) is 2.04. The van der Waals surface area contributed by atoms with E-state index in [9.17, 15) is 2.74 Å². The van der Waals surface area contributed by atoms with Crippen molar-refractivity contribution < 1.29 is 18.9 Å². The van der Waals surface area contributed by atoms with Gasteiger partial charge >= 0.3 is 0 Å². The molecule has 0 unspecified atom stereocenters. The van der Waals surface area contributed by atoms with Crippen LogP contribution in [0.1, 0.15) is 74.8 Å². The molecule has 0 saturated heterocycles. The van der Waals surface area contributed by atoms with E-state index in [4.69, 9.17) is 16.6 Å².